The second kappa shape index (κ2) is 7.48. The molecule has 106 valence electrons. The van der Waals surface area contributed by atoms with Gasteiger partial charge < -0.3 is 10.2 Å². The van der Waals surface area contributed by atoms with Crippen molar-refractivity contribution in [3.63, 3.8) is 0 Å². The zero-order valence-electron chi connectivity index (χ0n) is 11.7. The van der Waals surface area contributed by atoms with Crippen LogP contribution in [0.1, 0.15) is 42.5 Å². The number of hydrogen-bond acceptors (Lipinski definition) is 3. The molecule has 0 saturated carbocycles. The van der Waals surface area contributed by atoms with Crippen LogP contribution in [-0.4, -0.2) is 35.5 Å². The van der Waals surface area contributed by atoms with Gasteiger partial charge in [0.15, 0.2) is 0 Å². The first-order valence-electron chi connectivity index (χ1n) is 7.26. The molecule has 2 rings (SSSR count). The second-order valence-electron chi connectivity index (χ2n) is 4.96. The van der Waals surface area contributed by atoms with Crippen molar-refractivity contribution >= 4 is 17.4 Å². The number of nitrogens with zero attached hydrogens (tertiary/aromatic N) is 2. The highest BCUT2D eigenvalue weighted by Gasteiger charge is 2.14. The van der Waals surface area contributed by atoms with E-state index in [0.717, 1.165) is 43.8 Å². The molecule has 2 amide bonds. The number of carbonyl (C=O) groups excluding carboxylic acids is 1. The minimum Gasteiger partial charge on any atom is -0.338 e. The maximum Gasteiger partial charge on any atom is 0.317 e. The summed E-state index contributed by atoms with van der Waals surface area (Å²) in [6.45, 7) is 4.64. The van der Waals surface area contributed by atoms with Crippen LogP contribution in [0.15, 0.2) is 6.20 Å². The molecule has 0 aromatic carbocycles. The van der Waals surface area contributed by atoms with Crippen molar-refractivity contribution in [1.29, 1.82) is 0 Å². The van der Waals surface area contributed by atoms with E-state index in [1.165, 1.54) is 17.7 Å². The van der Waals surface area contributed by atoms with Gasteiger partial charge in [0, 0.05) is 37.1 Å². The first kappa shape index (κ1) is 14.3. The molecule has 1 saturated heterocycles. The van der Waals surface area contributed by atoms with Gasteiger partial charge in [0.05, 0.1) is 5.01 Å². The van der Waals surface area contributed by atoms with Gasteiger partial charge in [-0.05, 0) is 19.3 Å². The van der Waals surface area contributed by atoms with Crippen molar-refractivity contribution in [3.05, 3.63) is 16.1 Å². The number of nitrogens with one attached hydrogen (secondary N) is 1. The van der Waals surface area contributed by atoms with Gasteiger partial charge in [-0.25, -0.2) is 9.78 Å². The number of rotatable bonds is 4. The van der Waals surface area contributed by atoms with E-state index in [1.807, 2.05) is 11.1 Å². The van der Waals surface area contributed by atoms with Crippen molar-refractivity contribution in [2.45, 2.75) is 45.4 Å². The molecular weight excluding hydrogens is 258 g/mol. The van der Waals surface area contributed by atoms with E-state index in [2.05, 4.69) is 17.2 Å². The summed E-state index contributed by atoms with van der Waals surface area (Å²) < 4.78 is 0. The standard InChI is InChI=1S/C14H23N3OS/c1-2-12-11-16-13(19-12)7-8-15-14(18)17-9-5-3-4-6-10-17/h11H,2-10H2,1H3,(H,15,18). The van der Waals surface area contributed by atoms with Crippen molar-refractivity contribution in [1.82, 2.24) is 15.2 Å². The molecule has 1 N–H and O–H groups in total. The molecule has 1 aliphatic heterocycles. The Morgan fingerprint density at radius 1 is 1.37 bits per heavy atom. The average Bonchev–Trinajstić information content (AvgIpc) is 2.71. The summed E-state index contributed by atoms with van der Waals surface area (Å²) in [5.74, 6) is 0. The molecule has 4 nitrogen and oxygen atoms in total. The van der Waals surface area contributed by atoms with E-state index < -0.39 is 0 Å². The van der Waals surface area contributed by atoms with E-state index in [4.69, 9.17) is 0 Å². The summed E-state index contributed by atoms with van der Waals surface area (Å²) in [6.07, 6.45) is 8.60. The van der Waals surface area contributed by atoms with Crippen LogP contribution in [0.3, 0.4) is 0 Å². The van der Waals surface area contributed by atoms with E-state index in [1.54, 1.807) is 11.3 Å². The predicted molar refractivity (Wildman–Crippen MR) is 78.6 cm³/mol. The summed E-state index contributed by atoms with van der Waals surface area (Å²) in [6, 6.07) is 0.0918. The van der Waals surface area contributed by atoms with Crippen LogP contribution >= 0.6 is 11.3 Å². The minimum absolute atomic E-state index is 0.0918. The van der Waals surface area contributed by atoms with E-state index in [0.29, 0.717) is 6.54 Å². The van der Waals surface area contributed by atoms with Crippen LogP contribution in [0, 0.1) is 0 Å². The first-order chi connectivity index (χ1) is 9.29. The monoisotopic (exact) mass is 281 g/mol. The molecule has 1 fully saturated rings. The van der Waals surface area contributed by atoms with Crippen LogP contribution < -0.4 is 5.32 Å². The normalized spacial score (nSPS) is 16.2. The van der Waals surface area contributed by atoms with Crippen LogP contribution in [0.5, 0.6) is 0 Å². The van der Waals surface area contributed by atoms with Crippen LogP contribution in [0.4, 0.5) is 4.79 Å². The highest BCUT2D eigenvalue weighted by Crippen LogP contribution is 2.13. The second-order valence-corrected chi connectivity index (χ2v) is 6.16. The molecule has 1 aliphatic rings. The topological polar surface area (TPSA) is 45.2 Å². The summed E-state index contributed by atoms with van der Waals surface area (Å²) in [7, 11) is 0. The van der Waals surface area contributed by atoms with Crippen molar-refractivity contribution in [3.8, 4) is 0 Å². The third-order valence-corrected chi connectivity index (χ3v) is 4.66. The van der Waals surface area contributed by atoms with Gasteiger partial charge in [-0.2, -0.15) is 0 Å². The molecule has 1 aromatic rings. The smallest absolute Gasteiger partial charge is 0.317 e. The lowest BCUT2D eigenvalue weighted by Crippen LogP contribution is -2.41. The fraction of sp³-hybridized carbons (Fsp3) is 0.714. The number of likely N-dealkylation sites (tertiary alicyclic amines) is 1. The molecule has 1 aromatic heterocycles. The van der Waals surface area contributed by atoms with Gasteiger partial charge in [-0.15, -0.1) is 11.3 Å². The minimum atomic E-state index is 0.0918. The first-order valence-corrected chi connectivity index (χ1v) is 8.07. The summed E-state index contributed by atoms with van der Waals surface area (Å²) in [5.41, 5.74) is 0. The molecule has 0 atom stereocenters. The number of thiazole rings is 1. The van der Waals surface area contributed by atoms with Crippen molar-refractivity contribution < 1.29 is 4.79 Å². The molecule has 0 unspecified atom stereocenters. The quantitative estimate of drug-likeness (QED) is 0.922. The molecular formula is C14H23N3OS. The third kappa shape index (κ3) is 4.49. The van der Waals surface area contributed by atoms with Crippen molar-refractivity contribution in [2.24, 2.45) is 0 Å². The number of carbonyl (C=O) groups is 1. The average molecular weight is 281 g/mol. The predicted octanol–water partition coefficient (Wildman–Crippen LogP) is 2.83. The molecule has 2 heterocycles. The Morgan fingerprint density at radius 3 is 2.74 bits per heavy atom. The van der Waals surface area contributed by atoms with E-state index in [9.17, 15) is 4.79 Å². The van der Waals surface area contributed by atoms with E-state index in [-0.39, 0.29) is 6.03 Å². The molecule has 0 bridgehead atoms. The van der Waals surface area contributed by atoms with Gasteiger partial charge in [0.25, 0.3) is 0 Å². The molecule has 19 heavy (non-hydrogen) atoms. The Morgan fingerprint density at radius 2 is 2.11 bits per heavy atom. The molecule has 0 spiro atoms. The SMILES string of the molecule is CCc1cnc(CCNC(=O)N2CCCCCC2)s1. The summed E-state index contributed by atoms with van der Waals surface area (Å²) in [4.78, 5) is 19.6. The maximum atomic E-state index is 12.0. The Hall–Kier alpha value is -1.10. The highest BCUT2D eigenvalue weighted by molar-refractivity contribution is 7.11. The number of amides is 2. The number of aromatic nitrogens is 1. The zero-order chi connectivity index (χ0) is 13.5. The molecule has 0 aliphatic carbocycles. The van der Waals surface area contributed by atoms with Gasteiger partial charge in [0.1, 0.15) is 0 Å². The van der Waals surface area contributed by atoms with E-state index >= 15 is 0 Å². The van der Waals surface area contributed by atoms with Crippen LogP contribution in [-0.2, 0) is 12.8 Å². The van der Waals surface area contributed by atoms with Crippen LogP contribution in [0.25, 0.3) is 0 Å². The van der Waals surface area contributed by atoms with Gasteiger partial charge >= 0.3 is 6.03 Å². The number of hydrogen-bond donors (Lipinski definition) is 1. The number of aryl methyl sites for hydroxylation is 1. The Bertz CT molecular complexity index is 397. The Kier molecular flexibility index (Phi) is 5.63. The largest absolute Gasteiger partial charge is 0.338 e. The van der Waals surface area contributed by atoms with Crippen molar-refractivity contribution in [2.75, 3.05) is 19.6 Å². The number of urea groups is 1. The zero-order valence-corrected chi connectivity index (χ0v) is 12.5. The third-order valence-electron chi connectivity index (χ3n) is 3.46. The highest BCUT2D eigenvalue weighted by atomic mass is 32.1. The summed E-state index contributed by atoms with van der Waals surface area (Å²) >= 11 is 1.75. The van der Waals surface area contributed by atoms with Crippen LogP contribution in [0.2, 0.25) is 0 Å². The Labute approximate surface area is 119 Å². The molecule has 0 radical (unpaired) electrons. The van der Waals surface area contributed by atoms with Gasteiger partial charge in [-0.3, -0.25) is 0 Å². The maximum absolute atomic E-state index is 12.0. The fourth-order valence-corrected chi connectivity index (χ4v) is 3.15. The Balaban J connectivity index is 1.70. The van der Waals surface area contributed by atoms with Gasteiger partial charge in [-0.1, -0.05) is 19.8 Å². The lowest BCUT2D eigenvalue weighted by molar-refractivity contribution is 0.200. The lowest BCUT2D eigenvalue weighted by Gasteiger charge is -2.20. The lowest BCUT2D eigenvalue weighted by atomic mass is 10.2. The summed E-state index contributed by atoms with van der Waals surface area (Å²) in [5, 5.41) is 4.13. The fourth-order valence-electron chi connectivity index (χ4n) is 2.29. The molecule has 5 heteroatoms. The van der Waals surface area contributed by atoms with Gasteiger partial charge in [0.2, 0.25) is 0 Å².